The molecule has 174 valence electrons. The number of sulfonamides is 1. The topological polar surface area (TPSA) is 103 Å². The Morgan fingerprint density at radius 1 is 0.912 bits per heavy atom. The summed E-state index contributed by atoms with van der Waals surface area (Å²) in [6.45, 7) is 5.34. The Morgan fingerprint density at radius 2 is 1.59 bits per heavy atom. The molecule has 0 saturated heterocycles. The first-order valence-corrected chi connectivity index (χ1v) is 12.0. The molecule has 1 aromatic heterocycles. The summed E-state index contributed by atoms with van der Waals surface area (Å²) >= 11 is 0. The molecule has 1 atom stereocenters. The molecule has 0 amide bonds. The van der Waals surface area contributed by atoms with Crippen LogP contribution < -0.4 is 15.1 Å². The van der Waals surface area contributed by atoms with Gasteiger partial charge in [0.05, 0.1) is 4.90 Å². The summed E-state index contributed by atoms with van der Waals surface area (Å²) < 4.78 is 39.3. The lowest BCUT2D eigenvalue weighted by atomic mass is 10.1. The van der Waals surface area contributed by atoms with Crippen LogP contribution in [0, 0.1) is 20.8 Å². The highest BCUT2D eigenvalue weighted by Gasteiger charge is 2.29. The third kappa shape index (κ3) is 4.78. The number of rotatable bonds is 6. The Kier molecular flexibility index (Phi) is 6.37. The largest absolute Gasteiger partial charge is 0.425 e. The quantitative estimate of drug-likeness (QED) is 0.252. The van der Waals surface area contributed by atoms with Crippen molar-refractivity contribution in [2.45, 2.75) is 31.7 Å². The van der Waals surface area contributed by atoms with E-state index >= 15 is 0 Å². The molecule has 1 heterocycles. The predicted molar refractivity (Wildman–Crippen MR) is 128 cm³/mol. The number of aryl methyl sites for hydroxylation is 2. The molecule has 3 aromatic carbocycles. The summed E-state index contributed by atoms with van der Waals surface area (Å²) in [6, 6.07) is 18.1. The molecule has 8 heteroatoms. The minimum atomic E-state index is -4.02. The van der Waals surface area contributed by atoms with E-state index in [9.17, 15) is 18.0 Å². The molecule has 0 spiro atoms. The second kappa shape index (κ2) is 9.24. The highest BCUT2D eigenvalue weighted by atomic mass is 32.2. The van der Waals surface area contributed by atoms with Crippen molar-refractivity contribution < 1.29 is 22.4 Å². The molecule has 1 N–H and O–H groups in total. The number of hydrogen-bond donors (Lipinski definition) is 1. The number of carbonyl (C=O) groups is 1. The van der Waals surface area contributed by atoms with Crippen LogP contribution in [-0.4, -0.2) is 14.4 Å². The zero-order chi connectivity index (χ0) is 24.5. The fourth-order valence-electron chi connectivity index (χ4n) is 3.51. The van der Waals surface area contributed by atoms with Crippen molar-refractivity contribution >= 4 is 27.0 Å². The van der Waals surface area contributed by atoms with Gasteiger partial charge in [-0.1, -0.05) is 48.0 Å². The van der Waals surface area contributed by atoms with E-state index < -0.39 is 27.7 Å². The summed E-state index contributed by atoms with van der Waals surface area (Å²) in [5.41, 5.74) is 2.41. The first kappa shape index (κ1) is 23.4. The number of ether oxygens (including phenoxy) is 1. The molecule has 0 aliphatic heterocycles. The van der Waals surface area contributed by atoms with E-state index in [1.54, 1.807) is 61.5 Å². The number of hydrogen-bond acceptors (Lipinski definition) is 6. The van der Waals surface area contributed by atoms with Gasteiger partial charge < -0.3 is 9.15 Å². The Bertz CT molecular complexity index is 1520. The SMILES string of the molecule is Cc1ccc(S(=O)(=O)N[C@H](C(=O)Oc2ccc3c(C)c(C)c(=O)oc3c2)c2ccccc2)cc1. The van der Waals surface area contributed by atoms with Gasteiger partial charge in [0.1, 0.15) is 17.4 Å². The van der Waals surface area contributed by atoms with Crippen LogP contribution in [0.15, 0.2) is 86.9 Å². The summed E-state index contributed by atoms with van der Waals surface area (Å²) in [4.78, 5) is 25.2. The lowest BCUT2D eigenvalue weighted by Gasteiger charge is -2.18. The van der Waals surface area contributed by atoms with Gasteiger partial charge in [-0.25, -0.2) is 18.0 Å². The van der Waals surface area contributed by atoms with Gasteiger partial charge in [0.15, 0.2) is 0 Å². The normalized spacial score (nSPS) is 12.4. The van der Waals surface area contributed by atoms with Crippen molar-refractivity contribution in [1.82, 2.24) is 4.72 Å². The average Bonchev–Trinajstić information content (AvgIpc) is 2.82. The molecule has 0 radical (unpaired) electrons. The zero-order valence-corrected chi connectivity index (χ0v) is 19.7. The van der Waals surface area contributed by atoms with E-state index in [-0.39, 0.29) is 16.2 Å². The van der Waals surface area contributed by atoms with Gasteiger partial charge in [-0.3, -0.25) is 0 Å². The van der Waals surface area contributed by atoms with Crippen molar-refractivity contribution in [3.63, 3.8) is 0 Å². The van der Waals surface area contributed by atoms with Crippen molar-refractivity contribution in [1.29, 1.82) is 0 Å². The Hall–Kier alpha value is -3.75. The Morgan fingerprint density at radius 3 is 2.26 bits per heavy atom. The van der Waals surface area contributed by atoms with Gasteiger partial charge in [-0.2, -0.15) is 4.72 Å². The number of fused-ring (bicyclic) bond motifs is 1. The lowest BCUT2D eigenvalue weighted by molar-refractivity contribution is -0.136. The molecule has 0 saturated carbocycles. The van der Waals surface area contributed by atoms with E-state index in [4.69, 9.17) is 9.15 Å². The van der Waals surface area contributed by atoms with Gasteiger partial charge in [0.25, 0.3) is 0 Å². The summed E-state index contributed by atoms with van der Waals surface area (Å²) in [6.07, 6.45) is 0. The second-order valence-electron chi connectivity index (χ2n) is 8.00. The van der Waals surface area contributed by atoms with Gasteiger partial charge in [0, 0.05) is 17.0 Å². The van der Waals surface area contributed by atoms with E-state index in [1.165, 1.54) is 18.2 Å². The monoisotopic (exact) mass is 477 g/mol. The lowest BCUT2D eigenvalue weighted by Crippen LogP contribution is -2.36. The molecular weight excluding hydrogens is 454 g/mol. The minimum absolute atomic E-state index is 0.0326. The number of esters is 1. The maximum atomic E-state index is 13.2. The van der Waals surface area contributed by atoms with Crippen LogP contribution in [0.3, 0.4) is 0 Å². The first-order chi connectivity index (χ1) is 16.2. The molecule has 0 aliphatic rings. The summed E-state index contributed by atoms with van der Waals surface area (Å²) in [5.74, 6) is -0.702. The van der Waals surface area contributed by atoms with E-state index in [2.05, 4.69) is 4.72 Å². The highest BCUT2D eigenvalue weighted by molar-refractivity contribution is 7.89. The number of carbonyl (C=O) groups excluding carboxylic acids is 1. The van der Waals surface area contributed by atoms with Gasteiger partial charge in [-0.05, 0) is 56.2 Å². The van der Waals surface area contributed by atoms with Crippen LogP contribution in [0.25, 0.3) is 11.0 Å². The molecule has 0 fully saturated rings. The number of benzene rings is 3. The fourth-order valence-corrected chi connectivity index (χ4v) is 4.68. The van der Waals surface area contributed by atoms with Crippen molar-refractivity contribution in [2.75, 3.05) is 0 Å². The summed E-state index contributed by atoms with van der Waals surface area (Å²) in [5, 5.41) is 0.719. The molecule has 4 aromatic rings. The molecular formula is C26H23NO6S. The third-order valence-corrected chi connectivity index (χ3v) is 7.06. The van der Waals surface area contributed by atoms with Crippen LogP contribution in [0.5, 0.6) is 5.75 Å². The van der Waals surface area contributed by atoms with Crippen LogP contribution in [0.1, 0.15) is 28.3 Å². The van der Waals surface area contributed by atoms with Gasteiger partial charge in [-0.15, -0.1) is 0 Å². The maximum absolute atomic E-state index is 13.2. The van der Waals surface area contributed by atoms with Crippen molar-refractivity contribution in [2.24, 2.45) is 0 Å². The molecule has 0 unspecified atom stereocenters. The molecule has 4 rings (SSSR count). The highest BCUT2D eigenvalue weighted by Crippen LogP contribution is 2.26. The average molecular weight is 478 g/mol. The van der Waals surface area contributed by atoms with Crippen LogP contribution in [-0.2, 0) is 14.8 Å². The van der Waals surface area contributed by atoms with E-state index in [1.807, 2.05) is 13.8 Å². The second-order valence-corrected chi connectivity index (χ2v) is 9.71. The maximum Gasteiger partial charge on any atom is 0.339 e. The first-order valence-electron chi connectivity index (χ1n) is 10.6. The van der Waals surface area contributed by atoms with E-state index in [0.717, 1.165) is 16.5 Å². The third-order valence-electron chi connectivity index (χ3n) is 5.62. The zero-order valence-electron chi connectivity index (χ0n) is 18.9. The van der Waals surface area contributed by atoms with E-state index in [0.29, 0.717) is 11.1 Å². The summed E-state index contributed by atoms with van der Waals surface area (Å²) in [7, 11) is -4.02. The van der Waals surface area contributed by atoms with Gasteiger partial charge in [0.2, 0.25) is 10.0 Å². The van der Waals surface area contributed by atoms with Crippen molar-refractivity contribution in [3.05, 3.63) is 105 Å². The Balaban J connectivity index is 1.67. The molecule has 0 aliphatic carbocycles. The predicted octanol–water partition coefficient (Wildman–Crippen LogP) is 4.34. The molecule has 7 nitrogen and oxygen atoms in total. The standard InChI is InChI=1S/C26H23NO6S/c1-16-9-12-21(13-10-16)34(30,31)27-24(19-7-5-4-6-8-19)26(29)32-20-11-14-22-17(2)18(3)25(28)33-23(22)15-20/h4-15,24,27H,1-3H3/t24-/m0/s1. The fraction of sp³-hybridized carbons (Fsp3) is 0.154. The van der Waals surface area contributed by atoms with Crippen LogP contribution in [0.4, 0.5) is 0 Å². The molecule has 34 heavy (non-hydrogen) atoms. The van der Waals surface area contributed by atoms with Crippen LogP contribution in [0.2, 0.25) is 0 Å². The Labute approximate surface area is 197 Å². The smallest absolute Gasteiger partial charge is 0.339 e. The number of nitrogens with one attached hydrogen (secondary N) is 1. The van der Waals surface area contributed by atoms with Crippen LogP contribution >= 0.6 is 0 Å². The van der Waals surface area contributed by atoms with Gasteiger partial charge >= 0.3 is 11.6 Å². The minimum Gasteiger partial charge on any atom is -0.425 e. The molecule has 0 bridgehead atoms. The van der Waals surface area contributed by atoms with Crippen molar-refractivity contribution in [3.8, 4) is 5.75 Å².